The zero-order valence-corrected chi connectivity index (χ0v) is 18.9. The third-order valence-electron chi connectivity index (χ3n) is 4.24. The molecule has 0 spiro atoms. The first-order chi connectivity index (χ1) is 14.5. The molecule has 0 atom stereocenters. The third kappa shape index (κ3) is 6.05. The fourth-order valence-corrected chi connectivity index (χ4v) is 3.27. The molecule has 0 heterocycles. The fraction of sp³-hybridized carbons (Fsp3) is 0.174. The van der Waals surface area contributed by atoms with Crippen molar-refractivity contribution in [2.24, 2.45) is 5.10 Å². The van der Waals surface area contributed by atoms with Crippen LogP contribution in [-0.2, 0) is 6.61 Å². The highest BCUT2D eigenvalue weighted by atomic mass is 35.5. The Kier molecular flexibility index (Phi) is 7.86. The zero-order chi connectivity index (χ0) is 21.5. The molecular weight excluding hydrogens is 443 g/mol. The van der Waals surface area contributed by atoms with Gasteiger partial charge in [0.15, 0.2) is 11.5 Å². The number of nitrogens with one attached hydrogen (secondary N) is 1. The standard InChI is InChI=1S/C23H21Cl3N2O2/c1-3-29-23-10-16(13-27-28-19-8-4-15(2)20(25)12-19)5-9-22(23)30-14-17-6-7-18(24)11-21(17)26/h4-13,28H,3,14H2,1-2H3. The maximum Gasteiger partial charge on any atom is 0.161 e. The van der Waals surface area contributed by atoms with E-state index in [4.69, 9.17) is 44.3 Å². The van der Waals surface area contributed by atoms with Crippen molar-refractivity contribution in [2.45, 2.75) is 20.5 Å². The number of hydrazone groups is 1. The summed E-state index contributed by atoms with van der Waals surface area (Å²) in [5, 5.41) is 6.11. The topological polar surface area (TPSA) is 42.8 Å². The van der Waals surface area contributed by atoms with Gasteiger partial charge in [-0.05, 0) is 67.4 Å². The summed E-state index contributed by atoms with van der Waals surface area (Å²) in [6, 6.07) is 16.6. The Morgan fingerprint density at radius 3 is 2.47 bits per heavy atom. The smallest absolute Gasteiger partial charge is 0.161 e. The number of nitrogens with zero attached hydrogens (tertiary/aromatic N) is 1. The molecule has 0 saturated carbocycles. The van der Waals surface area contributed by atoms with Crippen molar-refractivity contribution in [3.8, 4) is 11.5 Å². The molecular formula is C23H21Cl3N2O2. The van der Waals surface area contributed by atoms with Gasteiger partial charge in [0, 0.05) is 20.6 Å². The van der Waals surface area contributed by atoms with Crippen LogP contribution in [0.1, 0.15) is 23.6 Å². The average Bonchev–Trinajstić information content (AvgIpc) is 2.71. The molecule has 3 aromatic rings. The summed E-state index contributed by atoms with van der Waals surface area (Å²) in [5.74, 6) is 1.25. The molecule has 3 aromatic carbocycles. The van der Waals surface area contributed by atoms with Crippen LogP contribution in [0.2, 0.25) is 15.1 Å². The van der Waals surface area contributed by atoms with Crippen LogP contribution in [0.3, 0.4) is 0 Å². The molecule has 4 nitrogen and oxygen atoms in total. The summed E-state index contributed by atoms with van der Waals surface area (Å²) in [6.45, 7) is 4.69. The van der Waals surface area contributed by atoms with Crippen molar-refractivity contribution < 1.29 is 9.47 Å². The minimum absolute atomic E-state index is 0.305. The van der Waals surface area contributed by atoms with E-state index in [0.717, 1.165) is 22.4 Å². The van der Waals surface area contributed by atoms with Crippen molar-refractivity contribution in [1.29, 1.82) is 0 Å². The number of hydrogen-bond donors (Lipinski definition) is 1. The Labute approximate surface area is 191 Å². The molecule has 0 aromatic heterocycles. The van der Waals surface area contributed by atoms with Gasteiger partial charge in [-0.3, -0.25) is 5.43 Å². The predicted molar refractivity (Wildman–Crippen MR) is 126 cm³/mol. The molecule has 0 aliphatic heterocycles. The average molecular weight is 464 g/mol. The Morgan fingerprint density at radius 2 is 1.73 bits per heavy atom. The van der Waals surface area contributed by atoms with Crippen molar-refractivity contribution in [3.63, 3.8) is 0 Å². The van der Waals surface area contributed by atoms with E-state index in [1.54, 1.807) is 18.3 Å². The maximum atomic E-state index is 6.22. The summed E-state index contributed by atoms with van der Waals surface area (Å²) < 4.78 is 11.7. The van der Waals surface area contributed by atoms with Crippen LogP contribution in [0.25, 0.3) is 0 Å². The number of rotatable bonds is 8. The van der Waals surface area contributed by atoms with Crippen LogP contribution >= 0.6 is 34.8 Å². The summed E-state index contributed by atoms with van der Waals surface area (Å²) in [4.78, 5) is 0. The number of benzene rings is 3. The minimum Gasteiger partial charge on any atom is -0.490 e. The second-order valence-electron chi connectivity index (χ2n) is 6.50. The number of aryl methyl sites for hydroxylation is 1. The first kappa shape index (κ1) is 22.3. The molecule has 0 radical (unpaired) electrons. The van der Waals surface area contributed by atoms with E-state index in [-0.39, 0.29) is 0 Å². The van der Waals surface area contributed by atoms with E-state index in [1.165, 1.54) is 0 Å². The Hall–Kier alpha value is -2.40. The number of hydrogen-bond acceptors (Lipinski definition) is 4. The van der Waals surface area contributed by atoms with E-state index >= 15 is 0 Å². The molecule has 156 valence electrons. The van der Waals surface area contributed by atoms with Crippen molar-refractivity contribution in [2.75, 3.05) is 12.0 Å². The summed E-state index contributed by atoms with van der Waals surface area (Å²) >= 11 is 18.3. The van der Waals surface area contributed by atoms with E-state index in [2.05, 4.69) is 10.5 Å². The van der Waals surface area contributed by atoms with Gasteiger partial charge < -0.3 is 9.47 Å². The van der Waals surface area contributed by atoms with Crippen LogP contribution < -0.4 is 14.9 Å². The molecule has 0 amide bonds. The molecule has 0 unspecified atom stereocenters. The second-order valence-corrected chi connectivity index (χ2v) is 7.75. The molecule has 3 rings (SSSR count). The van der Waals surface area contributed by atoms with Gasteiger partial charge in [0.25, 0.3) is 0 Å². The Bertz CT molecular complexity index is 1050. The molecule has 7 heteroatoms. The molecule has 30 heavy (non-hydrogen) atoms. The normalized spacial score (nSPS) is 11.0. The first-order valence-electron chi connectivity index (χ1n) is 9.35. The molecule has 0 aliphatic rings. The molecule has 1 N–H and O–H groups in total. The van der Waals surface area contributed by atoms with Crippen LogP contribution in [0.15, 0.2) is 59.7 Å². The second kappa shape index (κ2) is 10.6. The summed E-state index contributed by atoms with van der Waals surface area (Å²) in [5.41, 5.74) is 6.51. The van der Waals surface area contributed by atoms with Gasteiger partial charge in [-0.25, -0.2) is 0 Å². The van der Waals surface area contributed by atoms with E-state index in [9.17, 15) is 0 Å². The number of ether oxygens (including phenoxy) is 2. The van der Waals surface area contributed by atoms with Gasteiger partial charge in [-0.1, -0.05) is 46.9 Å². The molecule has 0 saturated heterocycles. The largest absolute Gasteiger partial charge is 0.490 e. The molecule has 0 bridgehead atoms. The summed E-state index contributed by atoms with van der Waals surface area (Å²) in [7, 11) is 0. The Balaban J connectivity index is 1.69. The van der Waals surface area contributed by atoms with Crippen molar-refractivity contribution >= 4 is 46.7 Å². The Morgan fingerprint density at radius 1 is 0.900 bits per heavy atom. The quantitative estimate of drug-likeness (QED) is 0.280. The maximum absolute atomic E-state index is 6.22. The van der Waals surface area contributed by atoms with Gasteiger partial charge >= 0.3 is 0 Å². The minimum atomic E-state index is 0.305. The molecule has 0 aliphatic carbocycles. The van der Waals surface area contributed by atoms with E-state index in [0.29, 0.717) is 39.8 Å². The van der Waals surface area contributed by atoms with Crippen LogP contribution in [0, 0.1) is 6.92 Å². The van der Waals surface area contributed by atoms with Gasteiger partial charge in [0.05, 0.1) is 18.5 Å². The first-order valence-corrected chi connectivity index (χ1v) is 10.5. The fourth-order valence-electron chi connectivity index (χ4n) is 2.63. The van der Waals surface area contributed by atoms with E-state index in [1.807, 2.05) is 56.3 Å². The van der Waals surface area contributed by atoms with Crippen molar-refractivity contribution in [1.82, 2.24) is 0 Å². The lowest BCUT2D eigenvalue weighted by atomic mass is 10.2. The van der Waals surface area contributed by atoms with Crippen LogP contribution in [-0.4, -0.2) is 12.8 Å². The lowest BCUT2D eigenvalue weighted by molar-refractivity contribution is 0.269. The van der Waals surface area contributed by atoms with Crippen molar-refractivity contribution in [3.05, 3.63) is 86.4 Å². The third-order valence-corrected chi connectivity index (χ3v) is 5.24. The van der Waals surface area contributed by atoms with Crippen LogP contribution in [0.5, 0.6) is 11.5 Å². The van der Waals surface area contributed by atoms with Crippen LogP contribution in [0.4, 0.5) is 5.69 Å². The lowest BCUT2D eigenvalue weighted by Crippen LogP contribution is -2.01. The number of anilines is 1. The van der Waals surface area contributed by atoms with E-state index < -0.39 is 0 Å². The molecule has 0 fully saturated rings. The van der Waals surface area contributed by atoms with Gasteiger partial charge in [-0.15, -0.1) is 0 Å². The highest BCUT2D eigenvalue weighted by molar-refractivity contribution is 6.35. The monoisotopic (exact) mass is 462 g/mol. The van der Waals surface area contributed by atoms with Gasteiger partial charge in [-0.2, -0.15) is 5.10 Å². The highest BCUT2D eigenvalue weighted by Gasteiger charge is 2.08. The SMILES string of the molecule is CCOc1cc(C=NNc2ccc(C)c(Cl)c2)ccc1OCc1ccc(Cl)cc1Cl. The van der Waals surface area contributed by atoms with Gasteiger partial charge in [0.1, 0.15) is 6.61 Å². The zero-order valence-electron chi connectivity index (χ0n) is 16.6. The van der Waals surface area contributed by atoms with Gasteiger partial charge in [0.2, 0.25) is 0 Å². The lowest BCUT2D eigenvalue weighted by Gasteiger charge is -2.13. The summed E-state index contributed by atoms with van der Waals surface area (Å²) in [6.07, 6.45) is 1.70. The predicted octanol–water partition coefficient (Wildman–Crippen LogP) is 7.38. The highest BCUT2D eigenvalue weighted by Crippen LogP contribution is 2.30. The number of halogens is 3.